The van der Waals surface area contributed by atoms with Crippen LogP contribution in [0.15, 0.2) is 24.4 Å². The number of hydrazine groups is 1. The van der Waals surface area contributed by atoms with Crippen molar-refractivity contribution in [2.75, 3.05) is 7.05 Å². The molecule has 0 aliphatic carbocycles. The van der Waals surface area contributed by atoms with Gasteiger partial charge in [-0.1, -0.05) is 23.7 Å². The van der Waals surface area contributed by atoms with E-state index in [2.05, 4.69) is 15.4 Å². The lowest BCUT2D eigenvalue weighted by atomic mass is 10.1. The molecule has 0 saturated heterocycles. The standard InChI is InChI=1S/C14H11ClN4O/c1-19-6-10-12(14(20)18-19)8-3-2-7-5-16-11(15)4-9(7)13(8)17-10/h2-5,17H,6H2,1H3,(H,18,20). The number of aromatic nitrogens is 2. The fraction of sp³-hybridized carbons (Fsp3) is 0.143. The zero-order valence-corrected chi connectivity index (χ0v) is 11.5. The highest BCUT2D eigenvalue weighted by Crippen LogP contribution is 2.31. The van der Waals surface area contributed by atoms with Gasteiger partial charge < -0.3 is 4.98 Å². The summed E-state index contributed by atoms with van der Waals surface area (Å²) in [6.45, 7) is 0.649. The van der Waals surface area contributed by atoms with E-state index in [-0.39, 0.29) is 5.91 Å². The number of halogens is 1. The average molecular weight is 287 g/mol. The summed E-state index contributed by atoms with van der Waals surface area (Å²) >= 11 is 5.99. The minimum atomic E-state index is -0.0838. The predicted molar refractivity (Wildman–Crippen MR) is 77.5 cm³/mol. The number of benzene rings is 1. The Balaban J connectivity index is 2.12. The van der Waals surface area contributed by atoms with E-state index < -0.39 is 0 Å². The number of fused-ring (bicyclic) bond motifs is 5. The number of hydrogen-bond acceptors (Lipinski definition) is 3. The highest BCUT2D eigenvalue weighted by molar-refractivity contribution is 6.30. The van der Waals surface area contributed by atoms with E-state index in [0.29, 0.717) is 17.3 Å². The normalized spacial score (nSPS) is 15.6. The van der Waals surface area contributed by atoms with E-state index in [1.54, 1.807) is 11.2 Å². The third kappa shape index (κ3) is 1.54. The van der Waals surface area contributed by atoms with Gasteiger partial charge in [-0.05, 0) is 6.07 Å². The predicted octanol–water partition coefficient (Wildman–Crippen LogP) is 2.46. The van der Waals surface area contributed by atoms with Gasteiger partial charge in [0.05, 0.1) is 17.6 Å². The Morgan fingerprint density at radius 1 is 1.35 bits per heavy atom. The lowest BCUT2D eigenvalue weighted by molar-refractivity contribution is 0.0786. The van der Waals surface area contributed by atoms with Crippen LogP contribution in [0, 0.1) is 0 Å². The molecule has 0 spiro atoms. The number of carbonyl (C=O) groups is 1. The van der Waals surface area contributed by atoms with Gasteiger partial charge in [-0.15, -0.1) is 0 Å². The van der Waals surface area contributed by atoms with Crippen LogP contribution in [0.5, 0.6) is 0 Å². The molecule has 0 fully saturated rings. The van der Waals surface area contributed by atoms with Crippen molar-refractivity contribution in [2.45, 2.75) is 6.54 Å². The highest BCUT2D eigenvalue weighted by Gasteiger charge is 2.25. The van der Waals surface area contributed by atoms with Gasteiger partial charge in [0, 0.05) is 35.1 Å². The summed E-state index contributed by atoms with van der Waals surface area (Å²) in [6, 6.07) is 5.73. The lowest BCUT2D eigenvalue weighted by Gasteiger charge is -2.22. The molecule has 1 aliphatic rings. The first kappa shape index (κ1) is 11.7. The molecule has 4 rings (SSSR count). The van der Waals surface area contributed by atoms with Crippen molar-refractivity contribution in [3.8, 4) is 0 Å². The summed E-state index contributed by atoms with van der Waals surface area (Å²) < 4.78 is 0. The highest BCUT2D eigenvalue weighted by atomic mass is 35.5. The molecule has 3 heterocycles. The number of rotatable bonds is 0. The molecule has 20 heavy (non-hydrogen) atoms. The SMILES string of the molecule is CN1Cc2[nH]c3c(ccc4cnc(Cl)cc43)c2C(=O)N1. The van der Waals surface area contributed by atoms with Gasteiger partial charge in [-0.2, -0.15) is 0 Å². The van der Waals surface area contributed by atoms with Crippen LogP contribution < -0.4 is 5.43 Å². The number of amides is 1. The number of hydrogen-bond donors (Lipinski definition) is 2. The summed E-state index contributed by atoms with van der Waals surface area (Å²) in [4.78, 5) is 19.6. The summed E-state index contributed by atoms with van der Waals surface area (Å²) in [7, 11) is 1.84. The number of carbonyl (C=O) groups excluding carboxylic acids is 1. The maximum absolute atomic E-state index is 12.2. The number of nitrogens with zero attached hydrogens (tertiary/aromatic N) is 2. The molecule has 0 radical (unpaired) electrons. The number of nitrogens with one attached hydrogen (secondary N) is 2. The first-order chi connectivity index (χ1) is 9.63. The van der Waals surface area contributed by atoms with Crippen molar-refractivity contribution >= 4 is 39.2 Å². The Morgan fingerprint density at radius 3 is 3.05 bits per heavy atom. The van der Waals surface area contributed by atoms with Crippen molar-refractivity contribution in [3.63, 3.8) is 0 Å². The van der Waals surface area contributed by atoms with Gasteiger partial charge in [0.1, 0.15) is 5.15 Å². The number of pyridine rings is 1. The molecular formula is C14H11ClN4O. The smallest absolute Gasteiger partial charge is 0.268 e. The second-order valence-corrected chi connectivity index (χ2v) is 5.38. The quantitative estimate of drug-likeness (QED) is 0.624. The van der Waals surface area contributed by atoms with Crippen LogP contribution >= 0.6 is 11.6 Å². The van der Waals surface area contributed by atoms with E-state index in [4.69, 9.17) is 11.6 Å². The third-order valence-electron chi connectivity index (χ3n) is 3.63. The fourth-order valence-corrected chi connectivity index (χ4v) is 2.95. The van der Waals surface area contributed by atoms with E-state index >= 15 is 0 Å². The van der Waals surface area contributed by atoms with E-state index in [1.165, 1.54) is 0 Å². The average Bonchev–Trinajstić information content (AvgIpc) is 2.77. The monoisotopic (exact) mass is 286 g/mol. The molecule has 2 aromatic heterocycles. The number of H-pyrrole nitrogens is 1. The molecule has 6 heteroatoms. The minimum Gasteiger partial charge on any atom is -0.356 e. The maximum Gasteiger partial charge on any atom is 0.268 e. The van der Waals surface area contributed by atoms with Gasteiger partial charge in [-0.3, -0.25) is 10.2 Å². The van der Waals surface area contributed by atoms with Crippen molar-refractivity contribution < 1.29 is 4.79 Å². The molecule has 1 aromatic carbocycles. The zero-order chi connectivity index (χ0) is 13.9. The second kappa shape index (κ2) is 3.94. The molecule has 0 atom stereocenters. The molecular weight excluding hydrogens is 276 g/mol. The van der Waals surface area contributed by atoms with Crippen LogP contribution in [-0.4, -0.2) is 27.9 Å². The minimum absolute atomic E-state index is 0.0838. The summed E-state index contributed by atoms with van der Waals surface area (Å²) in [5.74, 6) is -0.0838. The van der Waals surface area contributed by atoms with Crippen LogP contribution in [0.2, 0.25) is 5.15 Å². The van der Waals surface area contributed by atoms with Crippen LogP contribution in [0.25, 0.3) is 21.7 Å². The van der Waals surface area contributed by atoms with Crippen LogP contribution in [-0.2, 0) is 6.54 Å². The van der Waals surface area contributed by atoms with Crippen LogP contribution in [0.4, 0.5) is 0 Å². The molecule has 100 valence electrons. The second-order valence-electron chi connectivity index (χ2n) is 4.99. The fourth-order valence-electron chi connectivity index (χ4n) is 2.79. The molecule has 0 unspecified atom stereocenters. The first-order valence-corrected chi connectivity index (χ1v) is 6.62. The molecule has 0 bridgehead atoms. The third-order valence-corrected chi connectivity index (χ3v) is 3.84. The Labute approximate surface area is 119 Å². The van der Waals surface area contributed by atoms with Crippen molar-refractivity contribution in [1.82, 2.24) is 20.4 Å². The first-order valence-electron chi connectivity index (χ1n) is 6.24. The van der Waals surface area contributed by atoms with E-state index in [0.717, 1.165) is 27.4 Å². The van der Waals surface area contributed by atoms with Crippen molar-refractivity contribution in [3.05, 3.63) is 40.8 Å². The zero-order valence-electron chi connectivity index (χ0n) is 10.7. The molecule has 2 N–H and O–H groups in total. The molecule has 1 aliphatic heterocycles. The van der Waals surface area contributed by atoms with Crippen molar-refractivity contribution in [2.24, 2.45) is 0 Å². The number of aromatic amines is 1. The van der Waals surface area contributed by atoms with E-state index in [1.807, 2.05) is 25.2 Å². The molecule has 3 aromatic rings. The topological polar surface area (TPSA) is 61.0 Å². The molecule has 5 nitrogen and oxygen atoms in total. The van der Waals surface area contributed by atoms with Crippen LogP contribution in [0.3, 0.4) is 0 Å². The van der Waals surface area contributed by atoms with Gasteiger partial charge >= 0.3 is 0 Å². The Hall–Kier alpha value is -2.11. The lowest BCUT2D eigenvalue weighted by Crippen LogP contribution is -2.43. The van der Waals surface area contributed by atoms with Gasteiger partial charge in [0.2, 0.25) is 0 Å². The summed E-state index contributed by atoms with van der Waals surface area (Å²) in [6.07, 6.45) is 1.74. The largest absolute Gasteiger partial charge is 0.356 e. The Kier molecular flexibility index (Phi) is 2.31. The van der Waals surface area contributed by atoms with Crippen LogP contribution in [0.1, 0.15) is 16.1 Å². The Morgan fingerprint density at radius 2 is 2.20 bits per heavy atom. The van der Waals surface area contributed by atoms with E-state index in [9.17, 15) is 4.79 Å². The summed E-state index contributed by atoms with van der Waals surface area (Å²) in [5, 5.41) is 5.10. The molecule has 0 saturated carbocycles. The molecule has 1 amide bonds. The maximum atomic E-state index is 12.2. The van der Waals surface area contributed by atoms with Crippen molar-refractivity contribution in [1.29, 1.82) is 0 Å². The van der Waals surface area contributed by atoms with Gasteiger partial charge in [-0.25, -0.2) is 9.99 Å². The van der Waals surface area contributed by atoms with Gasteiger partial charge in [0.15, 0.2) is 0 Å². The summed E-state index contributed by atoms with van der Waals surface area (Å²) in [5.41, 5.74) is 5.38. The van der Waals surface area contributed by atoms with Gasteiger partial charge in [0.25, 0.3) is 5.91 Å². The Bertz CT molecular complexity index is 870.